The van der Waals surface area contributed by atoms with Crippen LogP contribution in [0.3, 0.4) is 0 Å². The van der Waals surface area contributed by atoms with Crippen LogP contribution in [0.15, 0.2) is 0 Å². The predicted octanol–water partition coefficient (Wildman–Crippen LogP) is -0.554. The normalized spacial score (nSPS) is 26.8. The van der Waals surface area contributed by atoms with Crippen molar-refractivity contribution in [3.05, 3.63) is 0 Å². The van der Waals surface area contributed by atoms with Crippen LogP contribution in [0.2, 0.25) is 0 Å². The van der Waals surface area contributed by atoms with E-state index in [-0.39, 0.29) is 13.0 Å². The molecule has 1 fully saturated rings. The molecule has 1 N–H and O–H groups in total. The van der Waals surface area contributed by atoms with Crippen molar-refractivity contribution in [2.24, 2.45) is 0 Å². The van der Waals surface area contributed by atoms with Gasteiger partial charge in [0, 0.05) is 6.42 Å². The summed E-state index contributed by atoms with van der Waals surface area (Å²) in [6.07, 6.45) is -2.36. The van der Waals surface area contributed by atoms with Crippen LogP contribution < -0.4 is 0 Å². The molecule has 2 unspecified atom stereocenters. The second-order valence-corrected chi connectivity index (χ2v) is 2.58. The molecule has 13 heavy (non-hydrogen) atoms. The van der Waals surface area contributed by atoms with E-state index in [1.807, 2.05) is 0 Å². The van der Waals surface area contributed by atoms with Gasteiger partial charge in [0.05, 0.1) is 7.11 Å². The van der Waals surface area contributed by atoms with E-state index in [0.29, 0.717) is 0 Å². The highest BCUT2D eigenvalue weighted by Gasteiger charge is 2.33. The van der Waals surface area contributed by atoms with E-state index in [9.17, 15) is 9.59 Å². The Labute approximate surface area is 74.4 Å². The van der Waals surface area contributed by atoms with Crippen molar-refractivity contribution in [2.75, 3.05) is 13.7 Å². The van der Waals surface area contributed by atoms with Crippen molar-refractivity contribution in [3.63, 3.8) is 0 Å². The molecule has 0 spiro atoms. The largest absolute Gasteiger partial charge is 0.508 e. The molecule has 0 bridgehead atoms. The quantitative estimate of drug-likeness (QED) is 0.588. The summed E-state index contributed by atoms with van der Waals surface area (Å²) < 4.78 is 13.4. The van der Waals surface area contributed by atoms with Gasteiger partial charge in [0.15, 0.2) is 6.10 Å². The number of hydrogen-bond donors (Lipinski definition) is 1. The number of cyclic esters (lactones) is 1. The van der Waals surface area contributed by atoms with Gasteiger partial charge in [-0.25, -0.2) is 9.59 Å². The summed E-state index contributed by atoms with van der Waals surface area (Å²) in [6, 6.07) is 0. The molecule has 2 atom stereocenters. The summed E-state index contributed by atoms with van der Waals surface area (Å²) >= 11 is 0. The zero-order chi connectivity index (χ0) is 9.84. The summed E-state index contributed by atoms with van der Waals surface area (Å²) in [5.41, 5.74) is 0. The fourth-order valence-electron chi connectivity index (χ4n) is 0.958. The Morgan fingerprint density at radius 1 is 1.77 bits per heavy atom. The summed E-state index contributed by atoms with van der Waals surface area (Å²) in [7, 11) is 1.18. The van der Waals surface area contributed by atoms with E-state index in [2.05, 4.69) is 14.2 Å². The molecule has 6 heteroatoms. The minimum atomic E-state index is -1.11. The molecule has 0 aromatic rings. The Morgan fingerprint density at radius 2 is 2.46 bits per heavy atom. The minimum Gasteiger partial charge on any atom is -0.457 e. The van der Waals surface area contributed by atoms with Crippen molar-refractivity contribution in [1.82, 2.24) is 0 Å². The SMILES string of the molecule is COC(=O)OCC1CC(O)C(=O)O1. The molecule has 6 nitrogen and oxygen atoms in total. The predicted molar refractivity (Wildman–Crippen MR) is 38.9 cm³/mol. The van der Waals surface area contributed by atoms with Crippen LogP contribution in [0, 0.1) is 0 Å². The lowest BCUT2D eigenvalue weighted by atomic mass is 10.2. The zero-order valence-corrected chi connectivity index (χ0v) is 7.06. The standard InChI is InChI=1S/C7H10O6/c1-11-7(10)12-3-4-2-5(8)6(9)13-4/h4-5,8H,2-3H2,1H3. The van der Waals surface area contributed by atoms with E-state index >= 15 is 0 Å². The van der Waals surface area contributed by atoms with E-state index in [1.165, 1.54) is 7.11 Å². The number of methoxy groups -OCH3 is 1. The Hall–Kier alpha value is -1.30. The monoisotopic (exact) mass is 190 g/mol. The number of rotatable bonds is 2. The number of aliphatic hydroxyl groups excluding tert-OH is 1. The molecule has 0 radical (unpaired) electrons. The van der Waals surface area contributed by atoms with E-state index < -0.39 is 24.3 Å². The lowest BCUT2D eigenvalue weighted by Crippen LogP contribution is -2.18. The molecule has 1 aliphatic heterocycles. The Bertz CT molecular complexity index is 213. The van der Waals surface area contributed by atoms with Crippen LogP contribution in [0.4, 0.5) is 4.79 Å². The van der Waals surface area contributed by atoms with Gasteiger partial charge in [-0.15, -0.1) is 0 Å². The molecular formula is C7H10O6. The Morgan fingerprint density at radius 3 is 2.92 bits per heavy atom. The third-order valence-electron chi connectivity index (χ3n) is 1.59. The molecule has 1 saturated heterocycles. The van der Waals surface area contributed by atoms with Gasteiger partial charge in [0.2, 0.25) is 0 Å². The Kier molecular flexibility index (Phi) is 3.07. The second kappa shape index (κ2) is 4.08. The zero-order valence-electron chi connectivity index (χ0n) is 7.06. The molecule has 1 rings (SSSR count). The number of carbonyl (C=O) groups excluding carboxylic acids is 2. The van der Waals surface area contributed by atoms with Gasteiger partial charge in [0.1, 0.15) is 12.7 Å². The summed E-state index contributed by atoms with van der Waals surface area (Å²) in [4.78, 5) is 21.1. The van der Waals surface area contributed by atoms with Crippen molar-refractivity contribution in [3.8, 4) is 0 Å². The molecule has 0 saturated carbocycles. The van der Waals surface area contributed by atoms with Crippen molar-refractivity contribution in [1.29, 1.82) is 0 Å². The minimum absolute atomic E-state index is 0.0878. The third-order valence-corrected chi connectivity index (χ3v) is 1.59. The third kappa shape index (κ3) is 2.59. The molecular weight excluding hydrogens is 180 g/mol. The van der Waals surface area contributed by atoms with E-state index in [0.717, 1.165) is 0 Å². The van der Waals surface area contributed by atoms with Gasteiger partial charge >= 0.3 is 12.1 Å². The molecule has 1 aliphatic rings. The maximum Gasteiger partial charge on any atom is 0.508 e. The molecule has 0 amide bonds. The topological polar surface area (TPSA) is 82.1 Å². The lowest BCUT2D eigenvalue weighted by Gasteiger charge is -2.07. The first-order chi connectivity index (χ1) is 6.13. The van der Waals surface area contributed by atoms with Gasteiger partial charge in [-0.05, 0) is 0 Å². The second-order valence-electron chi connectivity index (χ2n) is 2.58. The number of esters is 1. The van der Waals surface area contributed by atoms with Crippen LogP contribution in [-0.4, -0.2) is 43.2 Å². The summed E-state index contributed by atoms with van der Waals surface area (Å²) in [5.74, 6) is -0.682. The first-order valence-corrected chi connectivity index (χ1v) is 3.72. The summed E-state index contributed by atoms with van der Waals surface area (Å²) in [6.45, 7) is -0.0878. The molecule has 1 heterocycles. The highest BCUT2D eigenvalue weighted by molar-refractivity contribution is 5.76. The number of carbonyl (C=O) groups is 2. The maximum absolute atomic E-state index is 10.7. The van der Waals surface area contributed by atoms with Gasteiger partial charge in [0.25, 0.3) is 0 Å². The fraction of sp³-hybridized carbons (Fsp3) is 0.714. The highest BCUT2D eigenvalue weighted by atomic mass is 16.7. The molecule has 0 aliphatic carbocycles. The average Bonchev–Trinajstić information content (AvgIpc) is 2.42. The van der Waals surface area contributed by atoms with Crippen LogP contribution in [0.5, 0.6) is 0 Å². The van der Waals surface area contributed by atoms with Crippen LogP contribution >= 0.6 is 0 Å². The molecule has 0 aromatic carbocycles. The van der Waals surface area contributed by atoms with Crippen molar-refractivity contribution in [2.45, 2.75) is 18.6 Å². The van der Waals surface area contributed by atoms with Gasteiger partial charge in [-0.2, -0.15) is 0 Å². The average molecular weight is 190 g/mol. The maximum atomic E-state index is 10.7. The van der Waals surface area contributed by atoms with E-state index in [4.69, 9.17) is 5.11 Å². The number of hydrogen-bond acceptors (Lipinski definition) is 6. The van der Waals surface area contributed by atoms with E-state index in [1.54, 1.807) is 0 Å². The first-order valence-electron chi connectivity index (χ1n) is 3.72. The highest BCUT2D eigenvalue weighted by Crippen LogP contribution is 2.14. The fourth-order valence-corrected chi connectivity index (χ4v) is 0.958. The van der Waals surface area contributed by atoms with Gasteiger partial charge in [-0.3, -0.25) is 0 Å². The lowest BCUT2D eigenvalue weighted by molar-refractivity contribution is -0.148. The van der Waals surface area contributed by atoms with Crippen LogP contribution in [0.1, 0.15) is 6.42 Å². The van der Waals surface area contributed by atoms with Gasteiger partial charge in [-0.1, -0.05) is 0 Å². The van der Waals surface area contributed by atoms with Crippen LogP contribution in [-0.2, 0) is 19.0 Å². The van der Waals surface area contributed by atoms with Crippen molar-refractivity contribution >= 4 is 12.1 Å². The molecule has 74 valence electrons. The Balaban J connectivity index is 2.24. The number of aliphatic hydroxyl groups is 1. The molecule has 0 aromatic heterocycles. The van der Waals surface area contributed by atoms with Gasteiger partial charge < -0.3 is 19.3 Å². The first kappa shape index (κ1) is 9.79. The smallest absolute Gasteiger partial charge is 0.457 e. The summed E-state index contributed by atoms with van der Waals surface area (Å²) in [5, 5.41) is 8.94. The van der Waals surface area contributed by atoms with Crippen molar-refractivity contribution < 1.29 is 28.9 Å². The van der Waals surface area contributed by atoms with Crippen LogP contribution in [0.25, 0.3) is 0 Å². The number of ether oxygens (including phenoxy) is 3.